The molecule has 1 aromatic carbocycles. The molecule has 0 atom stereocenters. The van der Waals surface area contributed by atoms with Crippen molar-refractivity contribution in [1.29, 1.82) is 0 Å². The van der Waals surface area contributed by atoms with E-state index in [0.717, 1.165) is 16.3 Å². The van der Waals surface area contributed by atoms with E-state index in [0.29, 0.717) is 11.3 Å². The third kappa shape index (κ3) is 3.01. The number of aryl methyl sites for hydroxylation is 1. The molecule has 5 nitrogen and oxygen atoms in total. The average Bonchev–Trinajstić information content (AvgIpc) is 3.25. The topological polar surface area (TPSA) is 59.3 Å². The number of rotatable bonds is 3. The normalized spacial score (nSPS) is 11.0. The first kappa shape index (κ1) is 15.5. The van der Waals surface area contributed by atoms with Gasteiger partial charge in [-0.3, -0.25) is 4.79 Å². The Morgan fingerprint density at radius 1 is 1.20 bits per heavy atom. The van der Waals surface area contributed by atoms with Crippen LogP contribution in [0.3, 0.4) is 0 Å². The number of thiophene rings is 1. The molecule has 4 rings (SSSR count). The maximum Gasteiger partial charge on any atom is 0.274 e. The van der Waals surface area contributed by atoms with E-state index < -0.39 is 0 Å². The molecule has 0 spiro atoms. The number of carbonyl (C=O) groups excluding carboxylic acids is 1. The van der Waals surface area contributed by atoms with E-state index in [2.05, 4.69) is 15.4 Å². The van der Waals surface area contributed by atoms with Gasteiger partial charge in [0.2, 0.25) is 0 Å². The Balaban J connectivity index is 1.67. The lowest BCUT2D eigenvalue weighted by Gasteiger charge is -2.06. The van der Waals surface area contributed by atoms with Crippen molar-refractivity contribution in [1.82, 2.24) is 14.6 Å². The van der Waals surface area contributed by atoms with Crippen LogP contribution in [0.2, 0.25) is 0 Å². The van der Waals surface area contributed by atoms with Crippen LogP contribution >= 0.6 is 11.3 Å². The Labute approximate surface area is 146 Å². The van der Waals surface area contributed by atoms with Crippen molar-refractivity contribution in [2.75, 3.05) is 5.32 Å². The van der Waals surface area contributed by atoms with Crippen molar-refractivity contribution in [2.45, 2.75) is 6.92 Å². The van der Waals surface area contributed by atoms with E-state index in [9.17, 15) is 9.18 Å². The van der Waals surface area contributed by atoms with E-state index in [-0.39, 0.29) is 17.4 Å². The molecular formula is C18H13FN4OS. The first-order valence-electron chi connectivity index (χ1n) is 7.58. The second-order valence-corrected chi connectivity index (χ2v) is 6.47. The molecule has 3 heterocycles. The second kappa shape index (κ2) is 6.10. The maximum atomic E-state index is 13.0. The minimum Gasteiger partial charge on any atom is -0.321 e. The number of benzene rings is 1. The summed E-state index contributed by atoms with van der Waals surface area (Å²) in [4.78, 5) is 17.9. The zero-order chi connectivity index (χ0) is 17.4. The highest BCUT2D eigenvalue weighted by Crippen LogP contribution is 2.24. The average molecular weight is 352 g/mol. The SMILES string of the molecule is Cc1cc(C(=O)Nc2ccc(F)cc2)nc2cc(-c3cccs3)nn12. The van der Waals surface area contributed by atoms with Crippen LogP contribution in [-0.2, 0) is 0 Å². The van der Waals surface area contributed by atoms with Gasteiger partial charge in [0.15, 0.2) is 5.65 Å². The Morgan fingerprint density at radius 3 is 2.72 bits per heavy atom. The molecule has 124 valence electrons. The highest BCUT2D eigenvalue weighted by molar-refractivity contribution is 7.13. The lowest BCUT2D eigenvalue weighted by atomic mass is 10.2. The molecule has 0 aliphatic rings. The van der Waals surface area contributed by atoms with Gasteiger partial charge in [-0.15, -0.1) is 11.3 Å². The summed E-state index contributed by atoms with van der Waals surface area (Å²) in [6.07, 6.45) is 0. The quantitative estimate of drug-likeness (QED) is 0.602. The number of halogens is 1. The van der Waals surface area contributed by atoms with Gasteiger partial charge in [0.25, 0.3) is 5.91 Å². The molecule has 4 aromatic rings. The number of nitrogens with one attached hydrogen (secondary N) is 1. The molecule has 1 amide bonds. The summed E-state index contributed by atoms with van der Waals surface area (Å²) in [5.41, 5.74) is 3.02. The summed E-state index contributed by atoms with van der Waals surface area (Å²) in [5, 5.41) is 9.24. The molecule has 0 aliphatic carbocycles. The van der Waals surface area contributed by atoms with Crippen LogP contribution in [0.4, 0.5) is 10.1 Å². The molecule has 0 radical (unpaired) electrons. The number of carbonyl (C=O) groups is 1. The third-order valence-electron chi connectivity index (χ3n) is 3.71. The van der Waals surface area contributed by atoms with Gasteiger partial charge in [-0.05, 0) is 48.7 Å². The van der Waals surface area contributed by atoms with Crippen molar-refractivity contribution in [2.24, 2.45) is 0 Å². The lowest BCUT2D eigenvalue weighted by Crippen LogP contribution is -2.15. The standard InChI is InChI=1S/C18H13FN4OS/c1-11-9-15(18(24)20-13-6-4-12(19)5-7-13)21-17-10-14(22-23(11)17)16-3-2-8-25-16/h2-10H,1H3,(H,20,24). The smallest absolute Gasteiger partial charge is 0.274 e. The molecule has 0 bridgehead atoms. The van der Waals surface area contributed by atoms with Gasteiger partial charge in [-0.25, -0.2) is 13.9 Å². The van der Waals surface area contributed by atoms with E-state index in [1.54, 1.807) is 21.9 Å². The number of hydrogen-bond donors (Lipinski definition) is 1. The number of amides is 1. The molecule has 0 saturated heterocycles. The van der Waals surface area contributed by atoms with Crippen LogP contribution in [0.15, 0.2) is 53.9 Å². The highest BCUT2D eigenvalue weighted by Gasteiger charge is 2.14. The second-order valence-electron chi connectivity index (χ2n) is 5.52. The van der Waals surface area contributed by atoms with Gasteiger partial charge in [-0.1, -0.05) is 6.07 Å². The van der Waals surface area contributed by atoms with Crippen molar-refractivity contribution in [3.05, 3.63) is 71.1 Å². The Kier molecular flexibility index (Phi) is 3.77. The Hall–Kier alpha value is -3.06. The minimum absolute atomic E-state index is 0.284. The summed E-state index contributed by atoms with van der Waals surface area (Å²) in [6, 6.07) is 13.1. The fourth-order valence-electron chi connectivity index (χ4n) is 2.51. The summed E-state index contributed by atoms with van der Waals surface area (Å²) >= 11 is 1.60. The fraction of sp³-hybridized carbons (Fsp3) is 0.0556. The van der Waals surface area contributed by atoms with Gasteiger partial charge in [0, 0.05) is 17.4 Å². The van der Waals surface area contributed by atoms with Crippen molar-refractivity contribution < 1.29 is 9.18 Å². The van der Waals surface area contributed by atoms with Gasteiger partial charge in [0.05, 0.1) is 4.88 Å². The molecule has 0 unspecified atom stereocenters. The van der Waals surface area contributed by atoms with Gasteiger partial charge < -0.3 is 5.32 Å². The molecule has 3 aromatic heterocycles. The number of hydrogen-bond acceptors (Lipinski definition) is 4. The molecule has 0 fully saturated rings. The van der Waals surface area contributed by atoms with Crippen LogP contribution in [0.1, 0.15) is 16.2 Å². The molecular weight excluding hydrogens is 339 g/mol. The lowest BCUT2D eigenvalue weighted by molar-refractivity contribution is 0.102. The van der Waals surface area contributed by atoms with Gasteiger partial charge in [-0.2, -0.15) is 5.10 Å². The molecule has 7 heteroatoms. The Morgan fingerprint density at radius 2 is 2.00 bits per heavy atom. The van der Waals surface area contributed by atoms with Crippen LogP contribution in [0.5, 0.6) is 0 Å². The maximum absolute atomic E-state index is 13.0. The van der Waals surface area contributed by atoms with E-state index >= 15 is 0 Å². The number of fused-ring (bicyclic) bond motifs is 1. The summed E-state index contributed by atoms with van der Waals surface area (Å²) < 4.78 is 14.7. The monoisotopic (exact) mass is 352 g/mol. The predicted molar refractivity (Wildman–Crippen MR) is 95.4 cm³/mol. The summed E-state index contributed by atoms with van der Waals surface area (Å²) in [5.74, 6) is -0.704. The van der Waals surface area contributed by atoms with Gasteiger partial charge in [0.1, 0.15) is 17.2 Å². The van der Waals surface area contributed by atoms with Crippen LogP contribution in [0.25, 0.3) is 16.2 Å². The molecule has 0 aliphatic heterocycles. The molecule has 0 saturated carbocycles. The predicted octanol–water partition coefficient (Wildman–Crippen LogP) is 4.16. The first-order valence-corrected chi connectivity index (χ1v) is 8.46. The first-order chi connectivity index (χ1) is 12.1. The molecule has 1 N–H and O–H groups in total. The van der Waals surface area contributed by atoms with E-state index in [1.165, 1.54) is 24.3 Å². The number of anilines is 1. The van der Waals surface area contributed by atoms with Crippen LogP contribution < -0.4 is 5.32 Å². The largest absolute Gasteiger partial charge is 0.321 e. The van der Waals surface area contributed by atoms with Gasteiger partial charge >= 0.3 is 0 Å². The minimum atomic E-state index is -0.353. The van der Waals surface area contributed by atoms with Crippen molar-refractivity contribution in [3.63, 3.8) is 0 Å². The number of nitrogens with zero attached hydrogens (tertiary/aromatic N) is 3. The van der Waals surface area contributed by atoms with Crippen LogP contribution in [-0.4, -0.2) is 20.5 Å². The fourth-order valence-corrected chi connectivity index (χ4v) is 3.20. The van der Waals surface area contributed by atoms with E-state index in [4.69, 9.17) is 0 Å². The van der Waals surface area contributed by atoms with Crippen LogP contribution in [0, 0.1) is 12.7 Å². The Bertz CT molecular complexity index is 1050. The van der Waals surface area contributed by atoms with E-state index in [1.807, 2.05) is 30.5 Å². The number of aromatic nitrogens is 3. The summed E-state index contributed by atoms with van der Waals surface area (Å²) in [7, 11) is 0. The third-order valence-corrected chi connectivity index (χ3v) is 4.61. The van der Waals surface area contributed by atoms with Crippen molar-refractivity contribution in [3.8, 4) is 10.6 Å². The zero-order valence-corrected chi connectivity index (χ0v) is 14.0. The highest BCUT2D eigenvalue weighted by atomic mass is 32.1. The van der Waals surface area contributed by atoms with Crippen molar-refractivity contribution >= 4 is 28.6 Å². The molecule has 25 heavy (non-hydrogen) atoms. The summed E-state index contributed by atoms with van der Waals surface area (Å²) in [6.45, 7) is 1.87. The zero-order valence-electron chi connectivity index (χ0n) is 13.2.